The van der Waals surface area contributed by atoms with E-state index >= 15 is 0 Å². The van der Waals surface area contributed by atoms with E-state index in [1.807, 2.05) is 13.0 Å². The Morgan fingerprint density at radius 2 is 2.00 bits per heavy atom. The standard InChI is InChI=1S/C16H14N2O2/c1-2-20-15-8-6-14(7-9-15)18-16(19)13-5-3-4-12(10-13)11-17/h3-10H,2H2,1H3,(H,18,19). The highest BCUT2D eigenvalue weighted by Gasteiger charge is 2.06. The van der Waals surface area contributed by atoms with Crippen LogP contribution >= 0.6 is 0 Å². The number of hydrogen-bond acceptors (Lipinski definition) is 3. The number of hydrogen-bond donors (Lipinski definition) is 1. The Hall–Kier alpha value is -2.80. The molecule has 4 heteroatoms. The quantitative estimate of drug-likeness (QED) is 0.924. The van der Waals surface area contributed by atoms with Gasteiger partial charge in [-0.1, -0.05) is 6.07 Å². The second-order valence-electron chi connectivity index (χ2n) is 4.10. The number of nitriles is 1. The first-order valence-corrected chi connectivity index (χ1v) is 6.27. The Morgan fingerprint density at radius 1 is 1.25 bits per heavy atom. The normalized spacial score (nSPS) is 9.60. The molecule has 1 amide bonds. The fraction of sp³-hybridized carbons (Fsp3) is 0.125. The minimum absolute atomic E-state index is 0.244. The summed E-state index contributed by atoms with van der Waals surface area (Å²) in [5.74, 6) is 0.517. The van der Waals surface area contributed by atoms with Gasteiger partial charge in [0, 0.05) is 11.3 Å². The van der Waals surface area contributed by atoms with Crippen LogP contribution < -0.4 is 10.1 Å². The van der Waals surface area contributed by atoms with E-state index in [0.717, 1.165) is 5.75 Å². The summed E-state index contributed by atoms with van der Waals surface area (Å²) >= 11 is 0. The molecule has 20 heavy (non-hydrogen) atoms. The molecule has 100 valence electrons. The SMILES string of the molecule is CCOc1ccc(NC(=O)c2cccc(C#N)c2)cc1. The number of anilines is 1. The van der Waals surface area contributed by atoms with Gasteiger partial charge < -0.3 is 10.1 Å². The Balaban J connectivity index is 2.09. The highest BCUT2D eigenvalue weighted by atomic mass is 16.5. The smallest absolute Gasteiger partial charge is 0.255 e. The molecule has 0 aliphatic carbocycles. The first-order chi connectivity index (χ1) is 9.72. The maximum atomic E-state index is 12.0. The van der Waals surface area contributed by atoms with Crippen molar-refractivity contribution in [2.24, 2.45) is 0 Å². The molecule has 2 aromatic carbocycles. The summed E-state index contributed by atoms with van der Waals surface area (Å²) in [7, 11) is 0. The number of amides is 1. The number of benzene rings is 2. The van der Waals surface area contributed by atoms with Crippen LogP contribution in [0.5, 0.6) is 5.75 Å². The van der Waals surface area contributed by atoms with Crippen molar-refractivity contribution in [2.45, 2.75) is 6.92 Å². The average Bonchev–Trinajstić information content (AvgIpc) is 2.49. The molecule has 0 aromatic heterocycles. The molecule has 2 aromatic rings. The zero-order chi connectivity index (χ0) is 14.4. The summed E-state index contributed by atoms with van der Waals surface area (Å²) in [5.41, 5.74) is 1.60. The molecule has 0 aliphatic heterocycles. The van der Waals surface area contributed by atoms with Gasteiger partial charge in [0.05, 0.1) is 18.2 Å². The Bertz CT molecular complexity index is 642. The van der Waals surface area contributed by atoms with Crippen LogP contribution in [0.2, 0.25) is 0 Å². The fourth-order valence-corrected chi connectivity index (χ4v) is 1.73. The Labute approximate surface area is 117 Å². The monoisotopic (exact) mass is 266 g/mol. The van der Waals surface area contributed by atoms with E-state index in [0.29, 0.717) is 23.4 Å². The molecule has 4 nitrogen and oxygen atoms in total. The minimum atomic E-state index is -0.244. The van der Waals surface area contributed by atoms with Crippen LogP contribution in [0.3, 0.4) is 0 Å². The second kappa shape index (κ2) is 6.39. The average molecular weight is 266 g/mol. The van der Waals surface area contributed by atoms with E-state index in [4.69, 9.17) is 10.00 Å². The van der Waals surface area contributed by atoms with E-state index in [2.05, 4.69) is 5.32 Å². The van der Waals surface area contributed by atoms with Crippen LogP contribution in [0.15, 0.2) is 48.5 Å². The molecular formula is C16H14N2O2. The Morgan fingerprint density at radius 3 is 2.65 bits per heavy atom. The van der Waals surface area contributed by atoms with Crippen molar-refractivity contribution >= 4 is 11.6 Å². The lowest BCUT2D eigenvalue weighted by molar-refractivity contribution is 0.102. The van der Waals surface area contributed by atoms with Gasteiger partial charge in [0.25, 0.3) is 5.91 Å². The number of carbonyl (C=O) groups is 1. The number of nitrogens with one attached hydrogen (secondary N) is 1. The van der Waals surface area contributed by atoms with E-state index in [-0.39, 0.29) is 5.91 Å². The maximum absolute atomic E-state index is 12.0. The van der Waals surface area contributed by atoms with Gasteiger partial charge in [0.1, 0.15) is 5.75 Å². The molecule has 0 saturated carbocycles. The number of nitrogens with zero attached hydrogens (tertiary/aromatic N) is 1. The molecule has 0 heterocycles. The molecule has 1 N–H and O–H groups in total. The van der Waals surface area contributed by atoms with E-state index in [1.165, 1.54) is 0 Å². The Kier molecular flexibility index (Phi) is 4.35. The lowest BCUT2D eigenvalue weighted by Gasteiger charge is -2.07. The molecule has 0 spiro atoms. The zero-order valence-electron chi connectivity index (χ0n) is 11.1. The van der Waals surface area contributed by atoms with Crippen LogP contribution in [-0.4, -0.2) is 12.5 Å². The van der Waals surface area contributed by atoms with E-state index < -0.39 is 0 Å². The lowest BCUT2D eigenvalue weighted by Crippen LogP contribution is -2.11. The highest BCUT2D eigenvalue weighted by molar-refractivity contribution is 6.04. The third-order valence-corrected chi connectivity index (χ3v) is 2.68. The van der Waals surface area contributed by atoms with Crippen LogP contribution in [-0.2, 0) is 0 Å². The summed E-state index contributed by atoms with van der Waals surface area (Å²) in [6, 6.07) is 15.7. The van der Waals surface area contributed by atoms with Crippen molar-refractivity contribution in [3.63, 3.8) is 0 Å². The van der Waals surface area contributed by atoms with Gasteiger partial charge in [0.2, 0.25) is 0 Å². The van der Waals surface area contributed by atoms with Gasteiger partial charge in [0.15, 0.2) is 0 Å². The number of rotatable bonds is 4. The summed E-state index contributed by atoms with van der Waals surface area (Å²) in [6.45, 7) is 2.52. The van der Waals surface area contributed by atoms with Gasteiger partial charge in [-0.3, -0.25) is 4.79 Å². The molecule has 0 bridgehead atoms. The molecular weight excluding hydrogens is 252 g/mol. The third-order valence-electron chi connectivity index (χ3n) is 2.68. The van der Waals surface area contributed by atoms with Crippen LogP contribution in [0.1, 0.15) is 22.8 Å². The predicted octanol–water partition coefficient (Wildman–Crippen LogP) is 3.21. The van der Waals surface area contributed by atoms with E-state index in [1.54, 1.807) is 48.5 Å². The lowest BCUT2D eigenvalue weighted by atomic mass is 10.1. The van der Waals surface area contributed by atoms with Crippen molar-refractivity contribution in [3.05, 3.63) is 59.7 Å². The molecule has 0 aliphatic rings. The summed E-state index contributed by atoms with van der Waals surface area (Å²) in [5, 5.41) is 11.6. The fourth-order valence-electron chi connectivity index (χ4n) is 1.73. The van der Waals surface area contributed by atoms with Crippen molar-refractivity contribution < 1.29 is 9.53 Å². The van der Waals surface area contributed by atoms with Gasteiger partial charge in [-0.05, 0) is 49.4 Å². The highest BCUT2D eigenvalue weighted by Crippen LogP contribution is 2.16. The molecule has 0 atom stereocenters. The molecule has 0 fully saturated rings. The van der Waals surface area contributed by atoms with Crippen molar-refractivity contribution in [1.29, 1.82) is 5.26 Å². The van der Waals surface area contributed by atoms with Crippen LogP contribution in [0, 0.1) is 11.3 Å². The summed E-state index contributed by atoms with van der Waals surface area (Å²) in [6.07, 6.45) is 0. The van der Waals surface area contributed by atoms with Gasteiger partial charge in [-0.2, -0.15) is 5.26 Å². The minimum Gasteiger partial charge on any atom is -0.494 e. The van der Waals surface area contributed by atoms with Gasteiger partial charge in [-0.15, -0.1) is 0 Å². The van der Waals surface area contributed by atoms with Gasteiger partial charge >= 0.3 is 0 Å². The van der Waals surface area contributed by atoms with Crippen molar-refractivity contribution in [3.8, 4) is 11.8 Å². The van der Waals surface area contributed by atoms with Crippen molar-refractivity contribution in [1.82, 2.24) is 0 Å². The van der Waals surface area contributed by atoms with Crippen LogP contribution in [0.4, 0.5) is 5.69 Å². The zero-order valence-corrected chi connectivity index (χ0v) is 11.1. The maximum Gasteiger partial charge on any atom is 0.255 e. The molecule has 2 rings (SSSR count). The van der Waals surface area contributed by atoms with Crippen LogP contribution in [0.25, 0.3) is 0 Å². The second-order valence-corrected chi connectivity index (χ2v) is 4.10. The predicted molar refractivity (Wildman–Crippen MR) is 76.7 cm³/mol. The van der Waals surface area contributed by atoms with Crippen molar-refractivity contribution in [2.75, 3.05) is 11.9 Å². The topological polar surface area (TPSA) is 62.1 Å². The number of carbonyl (C=O) groups excluding carboxylic acids is 1. The molecule has 0 saturated heterocycles. The third kappa shape index (κ3) is 3.36. The summed E-state index contributed by atoms with van der Waals surface area (Å²) < 4.78 is 5.33. The van der Waals surface area contributed by atoms with E-state index in [9.17, 15) is 4.79 Å². The number of ether oxygens (including phenoxy) is 1. The largest absolute Gasteiger partial charge is 0.494 e. The van der Waals surface area contributed by atoms with Gasteiger partial charge in [-0.25, -0.2) is 0 Å². The first kappa shape index (κ1) is 13.6. The summed E-state index contributed by atoms with van der Waals surface area (Å²) in [4.78, 5) is 12.0. The molecule has 0 radical (unpaired) electrons. The first-order valence-electron chi connectivity index (χ1n) is 6.27. The molecule has 0 unspecified atom stereocenters.